The normalized spacial score (nSPS) is 11.7. The zero-order valence-electron chi connectivity index (χ0n) is 22.0. The lowest BCUT2D eigenvalue weighted by atomic mass is 9.94. The van der Waals surface area contributed by atoms with E-state index in [-0.39, 0.29) is 33.0 Å². The predicted octanol–water partition coefficient (Wildman–Crippen LogP) is 7.39. The molecule has 8 heteroatoms. The maximum Gasteiger partial charge on any atom is 0.166 e. The lowest BCUT2D eigenvalue weighted by Crippen LogP contribution is -2.04. The van der Waals surface area contributed by atoms with E-state index in [1.807, 2.05) is 72.8 Å². The largest absolute Gasteiger partial charge is 0.744 e. The first kappa shape index (κ1) is 27.4. The van der Waals surface area contributed by atoms with E-state index < -0.39 is 10.1 Å². The first-order chi connectivity index (χ1) is 20.2. The number of hydrogen-bond donors (Lipinski definition) is 3. The maximum atomic E-state index is 11.4. The summed E-state index contributed by atoms with van der Waals surface area (Å²) in [6, 6.07) is 37.9. The Hall–Kier alpha value is -4.76. The van der Waals surface area contributed by atoms with Crippen LogP contribution in [0.25, 0.3) is 32.3 Å². The van der Waals surface area contributed by atoms with Crippen molar-refractivity contribution >= 4 is 53.3 Å². The summed E-state index contributed by atoms with van der Waals surface area (Å²) in [7, 11) is -4.85. The van der Waals surface area contributed by atoms with Crippen LogP contribution in [-0.4, -0.2) is 28.3 Å². The van der Waals surface area contributed by atoms with Crippen LogP contribution < -0.4 is 0 Å². The molecule has 0 radical (unpaired) electrons. The van der Waals surface area contributed by atoms with Crippen LogP contribution in [0.5, 0.6) is 17.2 Å². The van der Waals surface area contributed by atoms with Gasteiger partial charge in [-0.25, -0.2) is 8.42 Å². The molecule has 6 nitrogen and oxygen atoms in total. The smallest absolute Gasteiger partial charge is 0.166 e. The fourth-order valence-electron chi connectivity index (χ4n) is 5.08. The minimum atomic E-state index is -4.48. The molecule has 0 heterocycles. The molecule has 0 unspecified atom stereocenters. The highest BCUT2D eigenvalue weighted by atomic mass is 32.2. The van der Waals surface area contributed by atoms with Crippen molar-refractivity contribution in [1.82, 2.24) is 0 Å². The van der Waals surface area contributed by atoms with Crippen molar-refractivity contribution in [1.29, 1.82) is 0 Å². The molecular formula is C34H24O6S2. The van der Waals surface area contributed by atoms with Gasteiger partial charge in [0.15, 0.2) is 14.7 Å². The molecule has 3 N–H and O–H groups in total. The van der Waals surface area contributed by atoms with Crippen LogP contribution in [0.4, 0.5) is 0 Å². The molecule has 0 saturated heterocycles. The molecule has 0 fully saturated rings. The Morgan fingerprint density at radius 2 is 0.857 bits per heavy atom. The number of rotatable bonds is 4. The van der Waals surface area contributed by atoms with Crippen LogP contribution in [0.1, 0.15) is 0 Å². The van der Waals surface area contributed by atoms with Crippen LogP contribution in [0, 0.1) is 0 Å². The second kappa shape index (κ2) is 10.9. The Morgan fingerprint density at radius 3 is 1.29 bits per heavy atom. The van der Waals surface area contributed by atoms with Gasteiger partial charge in [-0.3, -0.25) is 0 Å². The molecule has 0 spiro atoms. The molecule has 7 aromatic carbocycles. The summed E-state index contributed by atoms with van der Waals surface area (Å²) in [4.78, 5) is 3.00. The van der Waals surface area contributed by atoms with Crippen molar-refractivity contribution in [2.45, 2.75) is 19.6 Å². The summed E-state index contributed by atoms with van der Waals surface area (Å²) < 4.78 is 34.3. The molecular weight excluding hydrogens is 569 g/mol. The number of phenolic OH excluding ortho intramolecular Hbond substituents is 3. The van der Waals surface area contributed by atoms with Gasteiger partial charge in [0.1, 0.15) is 27.4 Å². The SMILES string of the molecule is O=S(=O)([O-])c1ccc2ccc3cccc4ccc1c2c34.Oc1ccc([S+](c2ccc(O)cc2)c2ccc(O)cc2)cc1. The van der Waals surface area contributed by atoms with Crippen molar-refractivity contribution in [3.8, 4) is 17.2 Å². The van der Waals surface area contributed by atoms with Crippen molar-refractivity contribution in [2.24, 2.45) is 0 Å². The van der Waals surface area contributed by atoms with E-state index in [1.54, 1.807) is 48.5 Å². The van der Waals surface area contributed by atoms with Crippen LogP contribution in [0.2, 0.25) is 0 Å². The molecule has 0 aliphatic heterocycles. The summed E-state index contributed by atoms with van der Waals surface area (Å²) in [5.41, 5.74) is 0. The van der Waals surface area contributed by atoms with Gasteiger partial charge in [0.2, 0.25) is 0 Å². The molecule has 0 aromatic heterocycles. The van der Waals surface area contributed by atoms with Gasteiger partial charge in [0.25, 0.3) is 0 Å². The summed E-state index contributed by atoms with van der Waals surface area (Å²) in [5, 5.41) is 33.8. The Bertz CT molecular complexity index is 2000. The van der Waals surface area contributed by atoms with Crippen molar-refractivity contribution in [3.63, 3.8) is 0 Å². The quantitative estimate of drug-likeness (QED) is 0.111. The van der Waals surface area contributed by atoms with Gasteiger partial charge in [-0.1, -0.05) is 48.5 Å². The van der Waals surface area contributed by atoms with Gasteiger partial charge >= 0.3 is 0 Å². The number of hydrogen-bond acceptors (Lipinski definition) is 6. The van der Waals surface area contributed by atoms with E-state index in [4.69, 9.17) is 0 Å². The van der Waals surface area contributed by atoms with Crippen molar-refractivity contribution in [2.75, 3.05) is 0 Å². The topological polar surface area (TPSA) is 118 Å². The standard InChI is InChI=1S/C18H14O3S.C16H10O3S/c19-13-1-7-16(8-2-13)22(17-9-3-14(20)4-10-17)18-11-5-15(21)6-12-18;17-20(18,19)14-9-7-12-5-4-10-2-1-3-11-6-8-13(14)16(12)15(10)11/h1-12H,(H2-,19,20,21);1-9H,(H,17,18,19). The Balaban J connectivity index is 0.000000151. The minimum absolute atomic E-state index is 0.150. The number of phenols is 3. The van der Waals surface area contributed by atoms with Crippen molar-refractivity contribution < 1.29 is 28.3 Å². The third-order valence-electron chi connectivity index (χ3n) is 6.98. The van der Waals surface area contributed by atoms with E-state index in [2.05, 4.69) is 0 Å². The highest BCUT2D eigenvalue weighted by Crippen LogP contribution is 2.37. The zero-order valence-corrected chi connectivity index (χ0v) is 23.6. The average molecular weight is 593 g/mol. The second-order valence-corrected chi connectivity index (χ2v) is 13.0. The average Bonchev–Trinajstić information content (AvgIpc) is 2.99. The van der Waals surface area contributed by atoms with Crippen LogP contribution >= 0.6 is 0 Å². The predicted molar refractivity (Wildman–Crippen MR) is 165 cm³/mol. The molecule has 0 atom stereocenters. The van der Waals surface area contributed by atoms with E-state index in [0.717, 1.165) is 41.6 Å². The van der Waals surface area contributed by atoms with E-state index in [1.165, 1.54) is 6.07 Å². The first-order valence-electron chi connectivity index (χ1n) is 12.9. The number of benzene rings is 7. The summed E-state index contributed by atoms with van der Waals surface area (Å²) >= 11 is 0. The highest BCUT2D eigenvalue weighted by molar-refractivity contribution is 7.97. The summed E-state index contributed by atoms with van der Waals surface area (Å²) in [6.45, 7) is 0. The van der Waals surface area contributed by atoms with Gasteiger partial charge < -0.3 is 19.9 Å². The van der Waals surface area contributed by atoms with Crippen LogP contribution in [0.15, 0.2) is 147 Å². The fourth-order valence-corrected chi connectivity index (χ4v) is 7.80. The third-order valence-corrected chi connectivity index (χ3v) is 10.1. The van der Waals surface area contributed by atoms with Gasteiger partial charge in [-0.2, -0.15) is 0 Å². The Labute approximate surface area is 245 Å². The highest BCUT2D eigenvalue weighted by Gasteiger charge is 2.28. The molecule has 7 rings (SSSR count). The van der Waals surface area contributed by atoms with E-state index in [9.17, 15) is 28.3 Å². The first-order valence-corrected chi connectivity index (χ1v) is 15.6. The molecule has 42 heavy (non-hydrogen) atoms. The molecule has 208 valence electrons. The Morgan fingerprint density at radius 1 is 0.476 bits per heavy atom. The van der Waals surface area contributed by atoms with Crippen LogP contribution in [0.3, 0.4) is 0 Å². The monoisotopic (exact) mass is 592 g/mol. The molecule has 0 aliphatic carbocycles. The third kappa shape index (κ3) is 5.31. The van der Waals surface area contributed by atoms with Gasteiger partial charge in [0.05, 0.1) is 15.8 Å². The fraction of sp³-hybridized carbons (Fsp3) is 0. The second-order valence-electron chi connectivity index (χ2n) is 9.66. The Kier molecular flexibility index (Phi) is 7.12. The molecule has 0 saturated carbocycles. The lowest BCUT2D eigenvalue weighted by Gasteiger charge is -2.15. The van der Waals surface area contributed by atoms with E-state index in [0.29, 0.717) is 5.39 Å². The van der Waals surface area contributed by atoms with Gasteiger partial charge in [-0.15, -0.1) is 0 Å². The maximum absolute atomic E-state index is 11.4. The van der Waals surface area contributed by atoms with Crippen LogP contribution in [-0.2, 0) is 21.0 Å². The van der Waals surface area contributed by atoms with Crippen molar-refractivity contribution in [3.05, 3.63) is 127 Å². The molecule has 0 aliphatic rings. The lowest BCUT2D eigenvalue weighted by molar-refractivity contribution is 0.463. The van der Waals surface area contributed by atoms with E-state index >= 15 is 0 Å². The molecule has 7 aromatic rings. The van der Waals surface area contributed by atoms with Gasteiger partial charge in [0, 0.05) is 5.39 Å². The molecule has 0 bridgehead atoms. The molecule has 0 amide bonds. The summed E-state index contributed by atoms with van der Waals surface area (Å²) in [5.74, 6) is 0.677. The minimum Gasteiger partial charge on any atom is -0.744 e. The summed E-state index contributed by atoms with van der Waals surface area (Å²) in [6.07, 6.45) is 0. The number of aromatic hydroxyl groups is 3. The zero-order chi connectivity index (χ0) is 29.4. The van der Waals surface area contributed by atoms with Gasteiger partial charge in [-0.05, 0) is 106 Å².